The summed E-state index contributed by atoms with van der Waals surface area (Å²) in [5, 5.41) is 0.743. The molecule has 0 aromatic heterocycles. The zero-order valence-electron chi connectivity index (χ0n) is 13.9. The number of hydrogen-bond acceptors (Lipinski definition) is 2. The topological polar surface area (TPSA) is 23.6 Å². The molecule has 0 N–H and O–H groups in total. The summed E-state index contributed by atoms with van der Waals surface area (Å²) in [4.78, 5) is 16.4. The van der Waals surface area contributed by atoms with Crippen LogP contribution >= 0.6 is 11.6 Å². The first-order chi connectivity index (χ1) is 12.1. The Labute approximate surface area is 152 Å². The first kappa shape index (κ1) is 17.6. The first-order valence-electron chi connectivity index (χ1n) is 8.29. The second-order valence-corrected chi connectivity index (χ2v) is 6.55. The van der Waals surface area contributed by atoms with Crippen LogP contribution in [0.25, 0.3) is 6.08 Å². The highest BCUT2D eigenvalue weighted by Gasteiger charge is 2.19. The van der Waals surface area contributed by atoms with Gasteiger partial charge in [0.2, 0.25) is 5.91 Å². The second kappa shape index (κ2) is 8.28. The van der Waals surface area contributed by atoms with Gasteiger partial charge < -0.3 is 4.90 Å². The number of benzene rings is 2. The summed E-state index contributed by atoms with van der Waals surface area (Å²) in [6.45, 7) is 3.97. The molecule has 5 heteroatoms. The number of hydrogen-bond donors (Lipinski definition) is 0. The molecule has 3 rings (SSSR count). The molecule has 1 aliphatic rings. The van der Waals surface area contributed by atoms with Crippen LogP contribution in [0.3, 0.4) is 0 Å². The summed E-state index contributed by atoms with van der Waals surface area (Å²) in [5.41, 5.74) is 2.04. The fraction of sp³-hybridized carbons (Fsp3) is 0.250. The molecule has 0 aliphatic carbocycles. The number of piperazine rings is 1. The Morgan fingerprint density at radius 2 is 1.64 bits per heavy atom. The van der Waals surface area contributed by atoms with Crippen molar-refractivity contribution >= 4 is 23.6 Å². The molecule has 1 saturated heterocycles. The minimum Gasteiger partial charge on any atom is -0.337 e. The standard InChI is InChI=1S/C20H20ClFN2O/c21-18-6-1-17(2-7-18)15-23-11-13-24(14-12-23)20(25)10-5-16-3-8-19(22)9-4-16/h1-10H,11-15H2/b10-5+. The maximum Gasteiger partial charge on any atom is 0.246 e. The Balaban J connectivity index is 1.48. The Morgan fingerprint density at radius 1 is 1.00 bits per heavy atom. The summed E-state index contributed by atoms with van der Waals surface area (Å²) >= 11 is 5.91. The monoisotopic (exact) mass is 358 g/mol. The molecular weight excluding hydrogens is 339 g/mol. The van der Waals surface area contributed by atoms with Crippen LogP contribution in [-0.4, -0.2) is 41.9 Å². The molecule has 1 heterocycles. The fourth-order valence-corrected chi connectivity index (χ4v) is 2.95. The molecule has 3 nitrogen and oxygen atoms in total. The van der Waals surface area contributed by atoms with Crippen molar-refractivity contribution in [3.05, 3.63) is 76.6 Å². The summed E-state index contributed by atoms with van der Waals surface area (Å²) in [6, 6.07) is 14.0. The van der Waals surface area contributed by atoms with Crippen molar-refractivity contribution in [1.82, 2.24) is 9.80 Å². The van der Waals surface area contributed by atoms with Crippen LogP contribution in [0.5, 0.6) is 0 Å². The third kappa shape index (κ3) is 5.15. The molecule has 1 fully saturated rings. The van der Waals surface area contributed by atoms with Crippen molar-refractivity contribution in [2.24, 2.45) is 0 Å². The smallest absolute Gasteiger partial charge is 0.246 e. The molecule has 0 radical (unpaired) electrons. The molecular formula is C20H20ClFN2O. The van der Waals surface area contributed by atoms with Crippen LogP contribution < -0.4 is 0 Å². The highest BCUT2D eigenvalue weighted by molar-refractivity contribution is 6.30. The van der Waals surface area contributed by atoms with Crippen LogP contribution in [-0.2, 0) is 11.3 Å². The van der Waals surface area contributed by atoms with Gasteiger partial charge in [-0.3, -0.25) is 9.69 Å². The largest absolute Gasteiger partial charge is 0.337 e. The summed E-state index contributed by atoms with van der Waals surface area (Å²) in [5.74, 6) is -0.282. The lowest BCUT2D eigenvalue weighted by Gasteiger charge is -2.34. The Kier molecular flexibility index (Phi) is 5.84. The van der Waals surface area contributed by atoms with Crippen molar-refractivity contribution in [2.75, 3.05) is 26.2 Å². The van der Waals surface area contributed by atoms with Gasteiger partial charge in [-0.2, -0.15) is 0 Å². The fourth-order valence-electron chi connectivity index (χ4n) is 2.82. The molecule has 0 saturated carbocycles. The number of halogens is 2. The summed E-state index contributed by atoms with van der Waals surface area (Å²) in [6.07, 6.45) is 3.28. The van der Waals surface area contributed by atoms with E-state index in [-0.39, 0.29) is 11.7 Å². The lowest BCUT2D eigenvalue weighted by molar-refractivity contribution is -0.127. The molecule has 25 heavy (non-hydrogen) atoms. The first-order valence-corrected chi connectivity index (χ1v) is 8.67. The van der Waals surface area contributed by atoms with Crippen molar-refractivity contribution in [3.63, 3.8) is 0 Å². The van der Waals surface area contributed by atoms with E-state index >= 15 is 0 Å². The van der Waals surface area contributed by atoms with Gasteiger partial charge in [0.25, 0.3) is 0 Å². The van der Waals surface area contributed by atoms with Gasteiger partial charge in [-0.25, -0.2) is 4.39 Å². The third-order valence-corrected chi connectivity index (χ3v) is 4.54. The molecule has 0 spiro atoms. The number of carbonyl (C=O) groups excluding carboxylic acids is 1. The van der Waals surface area contributed by atoms with Gasteiger partial charge in [-0.1, -0.05) is 35.9 Å². The summed E-state index contributed by atoms with van der Waals surface area (Å²) < 4.78 is 12.9. The van der Waals surface area contributed by atoms with E-state index in [9.17, 15) is 9.18 Å². The van der Waals surface area contributed by atoms with E-state index in [0.29, 0.717) is 13.1 Å². The van der Waals surface area contributed by atoms with Gasteiger partial charge in [0, 0.05) is 43.8 Å². The van der Waals surface area contributed by atoms with Crippen molar-refractivity contribution in [3.8, 4) is 0 Å². The normalized spacial score (nSPS) is 15.7. The van der Waals surface area contributed by atoms with E-state index in [1.165, 1.54) is 17.7 Å². The lowest BCUT2D eigenvalue weighted by Crippen LogP contribution is -2.47. The van der Waals surface area contributed by atoms with Crippen LogP contribution in [0.15, 0.2) is 54.6 Å². The van der Waals surface area contributed by atoms with Gasteiger partial charge in [-0.05, 0) is 41.5 Å². The molecule has 2 aromatic rings. The lowest BCUT2D eigenvalue weighted by atomic mass is 10.2. The molecule has 0 unspecified atom stereocenters. The predicted molar refractivity (Wildman–Crippen MR) is 98.7 cm³/mol. The molecule has 0 bridgehead atoms. The van der Waals surface area contributed by atoms with Gasteiger partial charge in [0.15, 0.2) is 0 Å². The number of amides is 1. The van der Waals surface area contributed by atoms with Crippen LogP contribution in [0.4, 0.5) is 4.39 Å². The minimum atomic E-state index is -0.278. The highest BCUT2D eigenvalue weighted by Crippen LogP contribution is 2.13. The molecule has 1 amide bonds. The minimum absolute atomic E-state index is 0.00420. The third-order valence-electron chi connectivity index (χ3n) is 4.29. The Bertz CT molecular complexity index is 735. The van der Waals surface area contributed by atoms with E-state index in [2.05, 4.69) is 4.90 Å². The van der Waals surface area contributed by atoms with Crippen molar-refractivity contribution in [1.29, 1.82) is 0 Å². The van der Waals surface area contributed by atoms with E-state index < -0.39 is 0 Å². The highest BCUT2D eigenvalue weighted by atomic mass is 35.5. The average Bonchev–Trinajstić information content (AvgIpc) is 2.63. The van der Waals surface area contributed by atoms with Gasteiger partial charge >= 0.3 is 0 Å². The molecule has 2 aromatic carbocycles. The van der Waals surface area contributed by atoms with Crippen LogP contribution in [0, 0.1) is 5.82 Å². The van der Waals surface area contributed by atoms with Gasteiger partial charge in [-0.15, -0.1) is 0 Å². The van der Waals surface area contributed by atoms with E-state index in [1.54, 1.807) is 24.3 Å². The zero-order valence-corrected chi connectivity index (χ0v) is 14.6. The molecule has 1 aliphatic heterocycles. The maximum absolute atomic E-state index is 12.9. The van der Waals surface area contributed by atoms with Crippen LogP contribution in [0.2, 0.25) is 5.02 Å². The van der Waals surface area contributed by atoms with E-state index in [0.717, 1.165) is 30.2 Å². The Morgan fingerprint density at radius 3 is 2.28 bits per heavy atom. The Hall–Kier alpha value is -2.17. The summed E-state index contributed by atoms with van der Waals surface area (Å²) in [7, 11) is 0. The second-order valence-electron chi connectivity index (χ2n) is 6.11. The van der Waals surface area contributed by atoms with Gasteiger partial charge in [0.1, 0.15) is 5.82 Å². The SMILES string of the molecule is O=C(/C=C/c1ccc(F)cc1)N1CCN(Cc2ccc(Cl)cc2)CC1. The number of rotatable bonds is 4. The van der Waals surface area contributed by atoms with E-state index in [4.69, 9.17) is 11.6 Å². The molecule has 0 atom stereocenters. The number of nitrogens with zero attached hydrogens (tertiary/aromatic N) is 2. The zero-order chi connectivity index (χ0) is 17.6. The average molecular weight is 359 g/mol. The van der Waals surface area contributed by atoms with Crippen LogP contribution in [0.1, 0.15) is 11.1 Å². The quantitative estimate of drug-likeness (QED) is 0.775. The van der Waals surface area contributed by atoms with E-state index in [1.807, 2.05) is 29.2 Å². The molecule has 130 valence electrons. The predicted octanol–water partition coefficient (Wildman–Crippen LogP) is 3.84. The van der Waals surface area contributed by atoms with Crippen molar-refractivity contribution in [2.45, 2.75) is 6.54 Å². The van der Waals surface area contributed by atoms with Crippen molar-refractivity contribution < 1.29 is 9.18 Å². The van der Waals surface area contributed by atoms with Gasteiger partial charge in [0.05, 0.1) is 0 Å². The maximum atomic E-state index is 12.9. The number of carbonyl (C=O) groups is 1.